The van der Waals surface area contributed by atoms with Crippen LogP contribution in [0.2, 0.25) is 5.02 Å². The van der Waals surface area contributed by atoms with Crippen molar-refractivity contribution in [3.63, 3.8) is 0 Å². The lowest BCUT2D eigenvalue weighted by Crippen LogP contribution is -2.48. The zero-order chi connectivity index (χ0) is 13.6. The fourth-order valence-corrected chi connectivity index (χ4v) is 3.98. The summed E-state index contributed by atoms with van der Waals surface area (Å²) in [6.45, 7) is 0. The molecule has 4 heteroatoms. The first-order chi connectivity index (χ1) is 9.08. The molecule has 1 N–H and O–H groups in total. The van der Waals surface area contributed by atoms with Crippen molar-refractivity contribution in [2.45, 2.75) is 37.3 Å². The first kappa shape index (κ1) is 12.9. The van der Waals surface area contributed by atoms with Crippen LogP contribution < -0.4 is 0 Å². The van der Waals surface area contributed by atoms with Gasteiger partial charge in [0.25, 0.3) is 0 Å². The van der Waals surface area contributed by atoms with E-state index in [-0.39, 0.29) is 17.9 Å². The number of fused-ring (bicyclic) bond motifs is 2. The molecule has 0 radical (unpaired) electrons. The van der Waals surface area contributed by atoms with Crippen LogP contribution >= 0.6 is 11.6 Å². The summed E-state index contributed by atoms with van der Waals surface area (Å²) in [5.74, 6) is -0.856. The van der Waals surface area contributed by atoms with Gasteiger partial charge in [-0.3, -0.25) is 9.69 Å². The molecule has 0 spiro atoms. The highest BCUT2D eigenvalue weighted by atomic mass is 35.5. The number of aliphatic carboxylic acids is 1. The average molecular weight is 280 g/mol. The van der Waals surface area contributed by atoms with Crippen LogP contribution in [0.1, 0.15) is 30.7 Å². The largest absolute Gasteiger partial charge is 0.481 e. The Balaban J connectivity index is 1.95. The number of carboxylic acid groups (broad SMARTS) is 1. The maximum atomic E-state index is 11.7. The maximum absolute atomic E-state index is 11.7. The Labute approximate surface area is 118 Å². The van der Waals surface area contributed by atoms with E-state index in [0.29, 0.717) is 11.1 Å². The Bertz CT molecular complexity index is 487. The normalized spacial score (nSPS) is 34.4. The first-order valence-electron chi connectivity index (χ1n) is 6.78. The topological polar surface area (TPSA) is 40.5 Å². The molecule has 1 unspecified atom stereocenters. The number of benzene rings is 1. The smallest absolute Gasteiger partial charge is 0.308 e. The Morgan fingerprint density at radius 1 is 1.32 bits per heavy atom. The molecular weight excluding hydrogens is 262 g/mol. The Kier molecular flexibility index (Phi) is 3.27. The molecule has 2 saturated heterocycles. The quantitative estimate of drug-likeness (QED) is 0.905. The molecule has 4 atom stereocenters. The highest BCUT2D eigenvalue weighted by Crippen LogP contribution is 2.46. The Morgan fingerprint density at radius 2 is 2.00 bits per heavy atom. The molecule has 3 rings (SSSR count). The van der Waals surface area contributed by atoms with Crippen molar-refractivity contribution in [1.29, 1.82) is 0 Å². The third-order valence-electron chi connectivity index (χ3n) is 4.85. The summed E-state index contributed by atoms with van der Waals surface area (Å²) < 4.78 is 0. The molecule has 2 heterocycles. The number of nitrogens with zero attached hydrogens (tertiary/aromatic N) is 1. The Morgan fingerprint density at radius 3 is 2.63 bits per heavy atom. The van der Waals surface area contributed by atoms with E-state index in [1.54, 1.807) is 0 Å². The molecule has 19 heavy (non-hydrogen) atoms. The van der Waals surface area contributed by atoms with Crippen molar-refractivity contribution >= 4 is 17.6 Å². The van der Waals surface area contributed by atoms with E-state index in [1.165, 1.54) is 0 Å². The molecule has 0 aromatic heterocycles. The predicted octanol–water partition coefficient (Wildman–Crippen LogP) is 2.99. The second-order valence-electron chi connectivity index (χ2n) is 5.72. The van der Waals surface area contributed by atoms with Gasteiger partial charge in [0.15, 0.2) is 0 Å². The van der Waals surface area contributed by atoms with Crippen molar-refractivity contribution in [1.82, 2.24) is 4.90 Å². The molecule has 0 saturated carbocycles. The van der Waals surface area contributed by atoms with Crippen molar-refractivity contribution in [3.8, 4) is 0 Å². The van der Waals surface area contributed by atoms with Gasteiger partial charge in [-0.25, -0.2) is 0 Å². The van der Waals surface area contributed by atoms with Gasteiger partial charge in [-0.2, -0.15) is 0 Å². The molecule has 2 aliphatic heterocycles. The minimum absolute atomic E-state index is 0.114. The molecule has 0 aliphatic carbocycles. The lowest BCUT2D eigenvalue weighted by atomic mass is 9.76. The highest BCUT2D eigenvalue weighted by Gasteiger charge is 2.49. The number of hydrogen-bond acceptors (Lipinski definition) is 2. The lowest BCUT2D eigenvalue weighted by Gasteiger charge is -2.41. The summed E-state index contributed by atoms with van der Waals surface area (Å²) in [4.78, 5) is 14.0. The minimum atomic E-state index is -0.669. The molecule has 2 fully saturated rings. The zero-order valence-corrected chi connectivity index (χ0v) is 11.7. The number of carboxylic acids is 1. The van der Waals surface area contributed by atoms with Gasteiger partial charge >= 0.3 is 5.97 Å². The van der Waals surface area contributed by atoms with Gasteiger partial charge in [-0.15, -0.1) is 0 Å². The lowest BCUT2D eigenvalue weighted by molar-refractivity contribution is -0.146. The Hall–Kier alpha value is -1.06. The van der Waals surface area contributed by atoms with E-state index >= 15 is 0 Å². The van der Waals surface area contributed by atoms with Gasteiger partial charge in [0.2, 0.25) is 0 Å². The van der Waals surface area contributed by atoms with E-state index in [9.17, 15) is 9.90 Å². The number of rotatable bonds is 2. The van der Waals surface area contributed by atoms with Crippen LogP contribution in [0.15, 0.2) is 24.3 Å². The fraction of sp³-hybridized carbons (Fsp3) is 0.533. The molecule has 1 aromatic rings. The van der Waals surface area contributed by atoms with E-state index in [1.807, 2.05) is 24.3 Å². The van der Waals surface area contributed by atoms with E-state index in [4.69, 9.17) is 11.6 Å². The molecule has 102 valence electrons. The third kappa shape index (κ3) is 2.15. The number of halogens is 1. The van der Waals surface area contributed by atoms with Gasteiger partial charge < -0.3 is 5.11 Å². The number of carbonyl (C=O) groups is 1. The van der Waals surface area contributed by atoms with E-state index < -0.39 is 5.97 Å². The summed E-state index contributed by atoms with van der Waals surface area (Å²) in [5.41, 5.74) is 1.11. The summed E-state index contributed by atoms with van der Waals surface area (Å²) in [6.07, 6.45) is 3.06. The van der Waals surface area contributed by atoms with Crippen molar-refractivity contribution < 1.29 is 9.90 Å². The standard InChI is InChI=1S/C15H18ClNO2/c1-17-11-6-7-13(17)14(15(18)19)12(8-11)9-2-4-10(16)5-3-9/h2-5,11-14H,6-8H2,1H3,(H,18,19)/t11?,12-,13-,14-/m0/s1. The second kappa shape index (κ2) is 4.80. The van der Waals surface area contributed by atoms with Crippen molar-refractivity contribution in [3.05, 3.63) is 34.9 Å². The molecule has 2 aliphatic rings. The molecule has 3 nitrogen and oxygen atoms in total. The fourth-order valence-electron chi connectivity index (χ4n) is 3.86. The molecule has 2 bridgehead atoms. The van der Waals surface area contributed by atoms with Crippen LogP contribution in [-0.2, 0) is 4.79 Å². The molecular formula is C15H18ClNO2. The van der Waals surface area contributed by atoms with Crippen LogP contribution in [0.4, 0.5) is 0 Å². The van der Waals surface area contributed by atoms with Crippen LogP contribution in [0.5, 0.6) is 0 Å². The van der Waals surface area contributed by atoms with E-state index in [0.717, 1.165) is 24.8 Å². The zero-order valence-electron chi connectivity index (χ0n) is 10.9. The van der Waals surface area contributed by atoms with Gasteiger partial charge in [0.1, 0.15) is 0 Å². The van der Waals surface area contributed by atoms with Crippen LogP contribution in [0.3, 0.4) is 0 Å². The van der Waals surface area contributed by atoms with Crippen LogP contribution in [0, 0.1) is 5.92 Å². The summed E-state index contributed by atoms with van der Waals surface area (Å²) >= 11 is 5.92. The SMILES string of the molecule is CN1C2CC[C@H]1[C@@H](C(=O)O)[C@H](c1ccc(Cl)cc1)C2. The monoisotopic (exact) mass is 279 g/mol. The van der Waals surface area contributed by atoms with Crippen molar-refractivity contribution in [2.24, 2.45) is 5.92 Å². The predicted molar refractivity (Wildman–Crippen MR) is 74.5 cm³/mol. The number of hydrogen-bond donors (Lipinski definition) is 1. The van der Waals surface area contributed by atoms with Crippen LogP contribution in [-0.4, -0.2) is 35.1 Å². The first-order valence-corrected chi connectivity index (χ1v) is 7.16. The van der Waals surface area contributed by atoms with Crippen molar-refractivity contribution in [2.75, 3.05) is 7.05 Å². The summed E-state index contributed by atoms with van der Waals surface area (Å²) in [6, 6.07) is 8.38. The van der Waals surface area contributed by atoms with Gasteiger partial charge in [-0.05, 0) is 44.0 Å². The maximum Gasteiger partial charge on any atom is 0.308 e. The molecule has 1 aromatic carbocycles. The summed E-state index contributed by atoms with van der Waals surface area (Å²) in [7, 11) is 2.07. The highest BCUT2D eigenvalue weighted by molar-refractivity contribution is 6.30. The third-order valence-corrected chi connectivity index (χ3v) is 5.10. The minimum Gasteiger partial charge on any atom is -0.481 e. The van der Waals surface area contributed by atoms with Gasteiger partial charge in [-0.1, -0.05) is 23.7 Å². The van der Waals surface area contributed by atoms with E-state index in [2.05, 4.69) is 11.9 Å². The average Bonchev–Trinajstić information content (AvgIpc) is 2.63. The van der Waals surface area contributed by atoms with Crippen LogP contribution in [0.25, 0.3) is 0 Å². The summed E-state index contributed by atoms with van der Waals surface area (Å²) in [5, 5.41) is 10.3. The van der Waals surface area contributed by atoms with Gasteiger partial charge in [0.05, 0.1) is 5.92 Å². The number of piperidine rings is 1. The second-order valence-corrected chi connectivity index (χ2v) is 6.16. The molecule has 0 amide bonds. The van der Waals surface area contributed by atoms with Gasteiger partial charge in [0, 0.05) is 23.0 Å².